The van der Waals surface area contributed by atoms with Crippen LogP contribution in [0.5, 0.6) is 0 Å². The van der Waals surface area contributed by atoms with E-state index in [1.807, 2.05) is 6.92 Å². The predicted molar refractivity (Wildman–Crippen MR) is 114 cm³/mol. The molecule has 1 unspecified atom stereocenters. The van der Waals surface area contributed by atoms with E-state index in [2.05, 4.69) is 22.5 Å². The number of benzene rings is 2. The highest BCUT2D eigenvalue weighted by molar-refractivity contribution is 5.90. The van der Waals surface area contributed by atoms with E-state index >= 15 is 0 Å². The molecule has 6 heteroatoms. The van der Waals surface area contributed by atoms with Gasteiger partial charge in [-0.1, -0.05) is 30.8 Å². The first-order valence-corrected chi connectivity index (χ1v) is 9.64. The molecule has 0 amide bonds. The second kappa shape index (κ2) is 11.5. The molecule has 0 radical (unpaired) electrons. The van der Waals surface area contributed by atoms with Crippen LogP contribution in [0.3, 0.4) is 0 Å². The Kier molecular flexibility index (Phi) is 8.81. The molecule has 0 heterocycles. The Morgan fingerprint density at radius 2 is 1.81 bits per heavy atom. The molecular weight excluding hydrogens is 399 g/mol. The molecule has 0 N–H and O–H groups in total. The summed E-state index contributed by atoms with van der Waals surface area (Å²) in [7, 11) is 1.39. The first-order chi connectivity index (χ1) is 14.9. The van der Waals surface area contributed by atoms with Gasteiger partial charge in [-0.2, -0.15) is 0 Å². The lowest BCUT2D eigenvalue weighted by atomic mass is 10.0. The predicted octanol–water partition coefficient (Wildman–Crippen LogP) is 3.85. The minimum atomic E-state index is -0.595. The summed E-state index contributed by atoms with van der Waals surface area (Å²) in [4.78, 5) is 23.9. The smallest absolute Gasteiger partial charge is 0.338 e. The summed E-state index contributed by atoms with van der Waals surface area (Å²) in [6.45, 7) is 3.53. The summed E-state index contributed by atoms with van der Waals surface area (Å²) in [6, 6.07) is 9.10. The number of hydrogen-bond donors (Lipinski definition) is 0. The molecule has 2 aromatic rings. The molecule has 0 aliphatic carbocycles. The number of carbonyl (C=O) groups excluding carboxylic acids is 2. The highest BCUT2D eigenvalue weighted by atomic mass is 19.1. The quantitative estimate of drug-likeness (QED) is 0.385. The van der Waals surface area contributed by atoms with Crippen molar-refractivity contribution < 1.29 is 28.2 Å². The second-order valence-electron chi connectivity index (χ2n) is 6.72. The van der Waals surface area contributed by atoms with Crippen LogP contribution in [0.1, 0.15) is 52.9 Å². The Morgan fingerprint density at radius 3 is 2.45 bits per heavy atom. The molecular formula is C25H23FO5. The average molecular weight is 422 g/mol. The molecule has 0 fully saturated rings. The average Bonchev–Trinajstić information content (AvgIpc) is 2.77. The lowest BCUT2D eigenvalue weighted by Gasteiger charge is -2.11. The van der Waals surface area contributed by atoms with E-state index in [-0.39, 0.29) is 24.9 Å². The number of rotatable bonds is 7. The minimum Gasteiger partial charge on any atom is -0.459 e. The van der Waals surface area contributed by atoms with Gasteiger partial charge in [0.1, 0.15) is 5.82 Å². The summed E-state index contributed by atoms with van der Waals surface area (Å²) in [6.07, 6.45) is 5.75. The molecule has 0 aliphatic rings. The van der Waals surface area contributed by atoms with E-state index in [4.69, 9.17) is 15.9 Å². The van der Waals surface area contributed by atoms with Crippen LogP contribution >= 0.6 is 0 Å². The molecule has 0 spiro atoms. The van der Waals surface area contributed by atoms with Crippen LogP contribution in [0.15, 0.2) is 36.4 Å². The molecule has 2 aromatic carbocycles. The number of esters is 2. The Balaban J connectivity index is 2.22. The molecule has 160 valence electrons. The Morgan fingerprint density at radius 1 is 1.10 bits per heavy atom. The third-order valence-corrected chi connectivity index (χ3v) is 4.30. The van der Waals surface area contributed by atoms with Crippen LogP contribution < -0.4 is 0 Å². The largest absolute Gasteiger partial charge is 0.459 e. The van der Waals surface area contributed by atoms with Crippen molar-refractivity contribution in [2.45, 2.75) is 32.8 Å². The Hall–Kier alpha value is -3.61. The summed E-state index contributed by atoms with van der Waals surface area (Å²) in [5.74, 6) is 6.56. The molecule has 0 bridgehead atoms. The third-order valence-electron chi connectivity index (χ3n) is 4.30. The Labute approximate surface area is 181 Å². The zero-order chi connectivity index (χ0) is 22.8. The van der Waals surface area contributed by atoms with Crippen molar-refractivity contribution in [3.63, 3.8) is 0 Å². The van der Waals surface area contributed by atoms with Gasteiger partial charge >= 0.3 is 11.9 Å². The van der Waals surface area contributed by atoms with Crippen molar-refractivity contribution in [2.24, 2.45) is 0 Å². The maximum absolute atomic E-state index is 14.3. The second-order valence-corrected chi connectivity index (χ2v) is 6.72. The zero-order valence-electron chi connectivity index (χ0n) is 17.7. The van der Waals surface area contributed by atoms with Crippen molar-refractivity contribution in [3.8, 4) is 24.2 Å². The summed E-state index contributed by atoms with van der Waals surface area (Å²) in [5.41, 5.74) is 1.88. The lowest BCUT2D eigenvalue weighted by Crippen LogP contribution is -2.14. The number of hydrogen-bond acceptors (Lipinski definition) is 5. The normalized spacial score (nSPS) is 10.9. The van der Waals surface area contributed by atoms with E-state index in [1.165, 1.54) is 19.2 Å². The summed E-state index contributed by atoms with van der Waals surface area (Å²) >= 11 is 0. The molecule has 31 heavy (non-hydrogen) atoms. The van der Waals surface area contributed by atoms with Crippen molar-refractivity contribution in [2.75, 3.05) is 13.9 Å². The van der Waals surface area contributed by atoms with E-state index in [9.17, 15) is 14.0 Å². The number of methoxy groups -OCH3 is 1. The van der Waals surface area contributed by atoms with Gasteiger partial charge in [-0.25, -0.2) is 9.18 Å². The van der Waals surface area contributed by atoms with E-state index < -0.39 is 17.8 Å². The fraction of sp³-hybridized carbons (Fsp3) is 0.280. The van der Waals surface area contributed by atoms with Crippen molar-refractivity contribution >= 4 is 11.9 Å². The third kappa shape index (κ3) is 7.29. The van der Waals surface area contributed by atoms with Gasteiger partial charge in [0.05, 0.1) is 18.1 Å². The fourth-order valence-corrected chi connectivity index (χ4v) is 2.48. The first kappa shape index (κ1) is 23.7. The zero-order valence-corrected chi connectivity index (χ0v) is 17.7. The van der Waals surface area contributed by atoms with Gasteiger partial charge in [-0.3, -0.25) is 4.79 Å². The van der Waals surface area contributed by atoms with Crippen molar-refractivity contribution in [3.05, 3.63) is 70.0 Å². The number of carbonyl (C=O) groups is 2. The standard InChI is InChI=1S/C25H23FO5/c1-5-17(3)31-25(28)22-12-18(6-2)11-20(13-22)8-7-19-9-10-21(23(26)14-19)15-24(27)30-16-29-4/h2,9-14,17H,5,15-16H2,1,3-4H3. The van der Waals surface area contributed by atoms with E-state index in [1.54, 1.807) is 31.2 Å². The molecule has 0 saturated carbocycles. The molecule has 2 rings (SSSR count). The van der Waals surface area contributed by atoms with Crippen LogP contribution in [0.25, 0.3) is 0 Å². The number of halogens is 1. The Bertz CT molecular complexity index is 1060. The van der Waals surface area contributed by atoms with Crippen LogP contribution in [0, 0.1) is 30.0 Å². The molecule has 0 saturated heterocycles. The van der Waals surface area contributed by atoms with Gasteiger partial charge in [0.15, 0.2) is 6.79 Å². The topological polar surface area (TPSA) is 61.8 Å². The fourth-order valence-electron chi connectivity index (χ4n) is 2.48. The minimum absolute atomic E-state index is 0.187. The van der Waals surface area contributed by atoms with Crippen molar-refractivity contribution in [1.82, 2.24) is 0 Å². The van der Waals surface area contributed by atoms with E-state index in [0.717, 1.165) is 0 Å². The van der Waals surface area contributed by atoms with E-state index in [0.29, 0.717) is 28.7 Å². The number of ether oxygens (including phenoxy) is 3. The van der Waals surface area contributed by atoms with Crippen LogP contribution in [0.4, 0.5) is 4.39 Å². The van der Waals surface area contributed by atoms with Gasteiger partial charge < -0.3 is 14.2 Å². The molecule has 5 nitrogen and oxygen atoms in total. The van der Waals surface area contributed by atoms with Gasteiger partial charge in [0.2, 0.25) is 0 Å². The molecule has 0 aliphatic heterocycles. The maximum atomic E-state index is 14.3. The van der Waals surface area contributed by atoms with Crippen LogP contribution in [0.2, 0.25) is 0 Å². The van der Waals surface area contributed by atoms with Gasteiger partial charge in [0.25, 0.3) is 0 Å². The molecule has 1 atom stereocenters. The highest BCUT2D eigenvalue weighted by Gasteiger charge is 2.13. The van der Waals surface area contributed by atoms with Crippen LogP contribution in [-0.4, -0.2) is 31.9 Å². The SMILES string of the molecule is C#Cc1cc(C#Cc2ccc(CC(=O)OCOC)c(F)c2)cc(C(=O)OC(C)CC)c1. The number of terminal acetylenes is 1. The van der Waals surface area contributed by atoms with Gasteiger partial charge in [-0.05, 0) is 49.2 Å². The first-order valence-electron chi connectivity index (χ1n) is 9.64. The van der Waals surface area contributed by atoms with Gasteiger partial charge in [-0.15, -0.1) is 6.42 Å². The maximum Gasteiger partial charge on any atom is 0.338 e. The lowest BCUT2D eigenvalue weighted by molar-refractivity contribution is -0.153. The van der Waals surface area contributed by atoms with Crippen LogP contribution in [-0.2, 0) is 25.4 Å². The molecule has 0 aromatic heterocycles. The van der Waals surface area contributed by atoms with Crippen molar-refractivity contribution in [1.29, 1.82) is 0 Å². The highest BCUT2D eigenvalue weighted by Crippen LogP contribution is 2.14. The van der Waals surface area contributed by atoms with Gasteiger partial charge in [0, 0.05) is 23.8 Å². The summed E-state index contributed by atoms with van der Waals surface area (Å²) in [5, 5.41) is 0. The summed E-state index contributed by atoms with van der Waals surface area (Å²) < 4.78 is 29.0. The monoisotopic (exact) mass is 422 g/mol.